The molecule has 1 aliphatic rings. The largest absolute Gasteiger partial charge is 0.496 e. The van der Waals surface area contributed by atoms with E-state index in [2.05, 4.69) is 17.9 Å². The summed E-state index contributed by atoms with van der Waals surface area (Å²) in [5.41, 5.74) is 7.49. The number of nitrogens with one attached hydrogen (secondary N) is 1. The summed E-state index contributed by atoms with van der Waals surface area (Å²) >= 11 is 0. The van der Waals surface area contributed by atoms with Crippen molar-refractivity contribution >= 4 is 5.84 Å². The Labute approximate surface area is 127 Å². The molecule has 21 heavy (non-hydrogen) atoms. The Hall–Kier alpha value is -1.55. The third kappa shape index (κ3) is 3.97. The minimum Gasteiger partial charge on any atom is -0.496 e. The van der Waals surface area contributed by atoms with E-state index in [9.17, 15) is 0 Å². The van der Waals surface area contributed by atoms with Gasteiger partial charge in [-0.1, -0.05) is 25.8 Å². The van der Waals surface area contributed by atoms with Crippen molar-refractivity contribution in [2.45, 2.75) is 51.6 Å². The Balaban J connectivity index is 2.16. The summed E-state index contributed by atoms with van der Waals surface area (Å²) in [6.07, 6.45) is 6.50. The lowest BCUT2D eigenvalue weighted by Crippen LogP contribution is -2.33. The van der Waals surface area contributed by atoms with Crippen LogP contribution < -0.4 is 10.5 Å². The molecule has 0 aromatic heterocycles. The SMILES string of the molecule is CCC1CCCCCN1Cc1ccc(C(=N)N)c(OC)c1. The first kappa shape index (κ1) is 15.8. The summed E-state index contributed by atoms with van der Waals surface area (Å²) in [6.45, 7) is 4.41. The van der Waals surface area contributed by atoms with E-state index in [1.165, 1.54) is 44.2 Å². The van der Waals surface area contributed by atoms with Gasteiger partial charge in [0.15, 0.2) is 0 Å². The van der Waals surface area contributed by atoms with Gasteiger partial charge < -0.3 is 10.5 Å². The lowest BCUT2D eigenvalue weighted by atomic mass is 10.1. The molecule has 1 unspecified atom stereocenters. The Morgan fingerprint density at radius 1 is 1.38 bits per heavy atom. The predicted molar refractivity (Wildman–Crippen MR) is 87.0 cm³/mol. The van der Waals surface area contributed by atoms with Crippen molar-refractivity contribution in [3.8, 4) is 5.75 Å². The van der Waals surface area contributed by atoms with Crippen LogP contribution >= 0.6 is 0 Å². The van der Waals surface area contributed by atoms with Gasteiger partial charge in [-0.25, -0.2) is 0 Å². The molecule has 1 fully saturated rings. The standard InChI is InChI=1S/C17H27N3O/c1-3-14-7-5-4-6-10-20(14)12-13-8-9-15(17(18)19)16(11-13)21-2/h8-9,11,14H,3-7,10,12H2,1-2H3,(H3,18,19). The Bertz CT molecular complexity index is 487. The molecule has 3 N–H and O–H groups in total. The fourth-order valence-electron chi connectivity index (χ4n) is 3.20. The average molecular weight is 289 g/mol. The highest BCUT2D eigenvalue weighted by molar-refractivity contribution is 5.97. The van der Waals surface area contributed by atoms with Gasteiger partial charge >= 0.3 is 0 Å². The van der Waals surface area contributed by atoms with Crippen LogP contribution in [0.15, 0.2) is 18.2 Å². The summed E-state index contributed by atoms with van der Waals surface area (Å²) in [4.78, 5) is 2.59. The lowest BCUT2D eigenvalue weighted by molar-refractivity contribution is 0.186. The summed E-state index contributed by atoms with van der Waals surface area (Å²) in [6, 6.07) is 6.67. The maximum atomic E-state index is 7.58. The van der Waals surface area contributed by atoms with Crippen LogP contribution in [0, 0.1) is 5.41 Å². The normalized spacial score (nSPS) is 20.0. The van der Waals surface area contributed by atoms with E-state index in [0.717, 1.165) is 6.54 Å². The van der Waals surface area contributed by atoms with Crippen LogP contribution in [0.4, 0.5) is 0 Å². The zero-order valence-electron chi connectivity index (χ0n) is 13.2. The van der Waals surface area contributed by atoms with E-state index >= 15 is 0 Å². The van der Waals surface area contributed by atoms with Crippen molar-refractivity contribution < 1.29 is 4.74 Å². The molecular formula is C17H27N3O. The summed E-state index contributed by atoms with van der Waals surface area (Å²) < 4.78 is 5.37. The first-order valence-electron chi connectivity index (χ1n) is 7.91. The monoisotopic (exact) mass is 289 g/mol. The van der Waals surface area contributed by atoms with Crippen molar-refractivity contribution in [3.05, 3.63) is 29.3 Å². The van der Waals surface area contributed by atoms with Gasteiger partial charge in [-0.15, -0.1) is 0 Å². The maximum Gasteiger partial charge on any atom is 0.130 e. The molecule has 4 heteroatoms. The minimum absolute atomic E-state index is 0.0552. The number of ether oxygens (including phenoxy) is 1. The molecule has 1 aliphatic heterocycles. The van der Waals surface area contributed by atoms with Crippen molar-refractivity contribution in [1.29, 1.82) is 5.41 Å². The molecule has 0 radical (unpaired) electrons. The van der Waals surface area contributed by atoms with E-state index in [1.807, 2.05) is 12.1 Å². The molecule has 116 valence electrons. The molecule has 2 rings (SSSR count). The number of methoxy groups -OCH3 is 1. The molecule has 0 spiro atoms. The number of likely N-dealkylation sites (tertiary alicyclic amines) is 1. The number of nitrogen functional groups attached to an aromatic ring is 1. The quantitative estimate of drug-likeness (QED) is 0.646. The molecule has 0 aliphatic carbocycles. The van der Waals surface area contributed by atoms with Crippen molar-refractivity contribution in [2.24, 2.45) is 5.73 Å². The van der Waals surface area contributed by atoms with Crippen LogP contribution in [-0.2, 0) is 6.54 Å². The third-order valence-electron chi connectivity index (χ3n) is 4.41. The highest BCUT2D eigenvalue weighted by Crippen LogP contribution is 2.24. The van der Waals surface area contributed by atoms with E-state index in [1.54, 1.807) is 7.11 Å². The number of amidine groups is 1. The van der Waals surface area contributed by atoms with E-state index in [0.29, 0.717) is 17.4 Å². The van der Waals surface area contributed by atoms with Crippen LogP contribution in [0.3, 0.4) is 0 Å². The molecular weight excluding hydrogens is 262 g/mol. The van der Waals surface area contributed by atoms with Crippen LogP contribution in [-0.4, -0.2) is 30.4 Å². The molecule has 0 saturated carbocycles. The van der Waals surface area contributed by atoms with E-state index in [-0.39, 0.29) is 5.84 Å². The lowest BCUT2D eigenvalue weighted by Gasteiger charge is -2.29. The van der Waals surface area contributed by atoms with Crippen LogP contribution in [0.1, 0.15) is 50.2 Å². The minimum atomic E-state index is 0.0552. The topological polar surface area (TPSA) is 62.3 Å². The zero-order chi connectivity index (χ0) is 15.2. The van der Waals surface area contributed by atoms with Gasteiger partial charge in [0.1, 0.15) is 11.6 Å². The van der Waals surface area contributed by atoms with Gasteiger partial charge in [0.2, 0.25) is 0 Å². The number of benzene rings is 1. The molecule has 0 bridgehead atoms. The van der Waals surface area contributed by atoms with Crippen molar-refractivity contribution in [2.75, 3.05) is 13.7 Å². The Morgan fingerprint density at radius 2 is 2.19 bits per heavy atom. The number of rotatable bonds is 5. The first-order chi connectivity index (χ1) is 10.2. The van der Waals surface area contributed by atoms with E-state index < -0.39 is 0 Å². The van der Waals surface area contributed by atoms with E-state index in [4.69, 9.17) is 15.9 Å². The third-order valence-corrected chi connectivity index (χ3v) is 4.41. The number of nitrogens with zero attached hydrogens (tertiary/aromatic N) is 1. The molecule has 1 heterocycles. The predicted octanol–water partition coefficient (Wildman–Crippen LogP) is 3.13. The fourth-order valence-corrected chi connectivity index (χ4v) is 3.20. The summed E-state index contributed by atoms with van der Waals surface area (Å²) in [7, 11) is 1.63. The van der Waals surface area contributed by atoms with Crippen LogP contribution in [0.25, 0.3) is 0 Å². The van der Waals surface area contributed by atoms with Gasteiger partial charge in [-0.2, -0.15) is 0 Å². The smallest absolute Gasteiger partial charge is 0.130 e. The molecule has 0 amide bonds. The number of hydrogen-bond acceptors (Lipinski definition) is 3. The van der Waals surface area contributed by atoms with Gasteiger partial charge in [0, 0.05) is 12.6 Å². The van der Waals surface area contributed by atoms with Crippen molar-refractivity contribution in [1.82, 2.24) is 4.90 Å². The zero-order valence-corrected chi connectivity index (χ0v) is 13.2. The molecule has 1 saturated heterocycles. The highest BCUT2D eigenvalue weighted by atomic mass is 16.5. The second kappa shape index (κ2) is 7.46. The Kier molecular flexibility index (Phi) is 5.62. The maximum absolute atomic E-state index is 7.58. The van der Waals surface area contributed by atoms with Gasteiger partial charge in [0.05, 0.1) is 12.7 Å². The summed E-state index contributed by atoms with van der Waals surface area (Å²) in [5, 5.41) is 7.58. The number of nitrogens with two attached hydrogens (primary N) is 1. The highest BCUT2D eigenvalue weighted by Gasteiger charge is 2.20. The second-order valence-corrected chi connectivity index (χ2v) is 5.83. The average Bonchev–Trinajstić information content (AvgIpc) is 2.71. The molecule has 1 aromatic carbocycles. The molecule has 1 atom stereocenters. The molecule has 4 nitrogen and oxygen atoms in total. The Morgan fingerprint density at radius 3 is 2.86 bits per heavy atom. The second-order valence-electron chi connectivity index (χ2n) is 5.83. The van der Waals surface area contributed by atoms with Gasteiger partial charge in [-0.3, -0.25) is 10.3 Å². The van der Waals surface area contributed by atoms with Crippen LogP contribution in [0.5, 0.6) is 5.75 Å². The van der Waals surface area contributed by atoms with Crippen LogP contribution in [0.2, 0.25) is 0 Å². The van der Waals surface area contributed by atoms with Gasteiger partial charge in [0.25, 0.3) is 0 Å². The van der Waals surface area contributed by atoms with Crippen molar-refractivity contribution in [3.63, 3.8) is 0 Å². The number of hydrogen-bond donors (Lipinski definition) is 2. The van der Waals surface area contributed by atoms with Gasteiger partial charge in [-0.05, 0) is 43.5 Å². The summed E-state index contributed by atoms with van der Waals surface area (Å²) in [5.74, 6) is 0.752. The fraction of sp³-hybridized carbons (Fsp3) is 0.588. The molecule has 1 aromatic rings. The first-order valence-corrected chi connectivity index (χ1v) is 7.91.